The Morgan fingerprint density at radius 2 is 1.86 bits per heavy atom. The largest absolute Gasteiger partial charge is 0.480 e. The first-order chi connectivity index (χ1) is 13.3. The van der Waals surface area contributed by atoms with E-state index in [2.05, 4.69) is 42.3 Å². The highest BCUT2D eigenvalue weighted by molar-refractivity contribution is 9.11. The molecule has 0 saturated heterocycles. The normalized spacial score (nSPS) is 11.4. The first kappa shape index (κ1) is 20.7. The molecule has 2 aromatic carbocycles. The van der Waals surface area contributed by atoms with E-state index >= 15 is 0 Å². The number of nitrogens with zero attached hydrogens (tertiary/aromatic N) is 1. The van der Waals surface area contributed by atoms with Gasteiger partial charge < -0.3 is 4.74 Å². The molecule has 146 valence electrons. The van der Waals surface area contributed by atoms with E-state index in [1.807, 2.05) is 17.8 Å². The number of carbonyl (C=O) groups excluding carboxylic acids is 1. The molecule has 1 aromatic heterocycles. The van der Waals surface area contributed by atoms with Crippen LogP contribution in [0.4, 0.5) is 0 Å². The Hall–Kier alpha value is -2.01. The molecule has 0 fully saturated rings. The smallest absolute Gasteiger partial charge is 0.272 e. The molecule has 1 heterocycles. The van der Waals surface area contributed by atoms with Crippen molar-refractivity contribution in [3.8, 4) is 5.75 Å². The summed E-state index contributed by atoms with van der Waals surface area (Å²) >= 11 is 6.84. The van der Waals surface area contributed by atoms with Crippen LogP contribution < -0.4 is 15.0 Å². The maximum absolute atomic E-state index is 12.2. The number of fused-ring (bicyclic) bond motifs is 1. The molecule has 3 aromatic rings. The van der Waals surface area contributed by atoms with Crippen LogP contribution in [0.15, 0.2) is 62.5 Å². The Bertz CT molecular complexity index is 1140. The Labute approximate surface area is 178 Å². The first-order valence-electron chi connectivity index (χ1n) is 8.01. The van der Waals surface area contributed by atoms with E-state index in [0.29, 0.717) is 15.7 Å². The van der Waals surface area contributed by atoms with Gasteiger partial charge >= 0.3 is 0 Å². The number of aryl methyl sites for hydroxylation is 1. The number of halogens is 2. The van der Waals surface area contributed by atoms with E-state index < -0.39 is 22.5 Å². The highest BCUT2D eigenvalue weighted by atomic mass is 79.9. The molecule has 3 rings (SSSR count). The fraction of sp³-hybridized carbons (Fsp3) is 0.111. The number of rotatable bonds is 6. The lowest BCUT2D eigenvalue weighted by atomic mass is 10.2. The summed E-state index contributed by atoms with van der Waals surface area (Å²) in [6, 6.07) is 11.7. The van der Waals surface area contributed by atoms with Gasteiger partial charge in [-0.3, -0.25) is 15.2 Å². The van der Waals surface area contributed by atoms with Crippen LogP contribution in [0.2, 0.25) is 0 Å². The lowest BCUT2D eigenvalue weighted by Gasteiger charge is -2.12. The molecular formula is C18H15Br2N3O4S. The van der Waals surface area contributed by atoms with Gasteiger partial charge in [0.1, 0.15) is 5.52 Å². The highest BCUT2D eigenvalue weighted by Crippen LogP contribution is 2.37. The molecule has 0 aliphatic carbocycles. The topological polar surface area (TPSA) is 97.4 Å². The number of pyridine rings is 1. The zero-order valence-corrected chi connectivity index (χ0v) is 18.6. The molecule has 28 heavy (non-hydrogen) atoms. The number of nitrogens with one attached hydrogen (secondary N) is 2. The summed E-state index contributed by atoms with van der Waals surface area (Å²) < 4.78 is 31.4. The van der Waals surface area contributed by atoms with Crippen LogP contribution in [-0.2, 0) is 14.8 Å². The van der Waals surface area contributed by atoms with Gasteiger partial charge in [0.2, 0.25) is 0 Å². The third kappa shape index (κ3) is 4.69. The molecular weight excluding hydrogens is 514 g/mol. The van der Waals surface area contributed by atoms with Crippen LogP contribution in [0.5, 0.6) is 5.75 Å². The van der Waals surface area contributed by atoms with Gasteiger partial charge in [0.15, 0.2) is 12.4 Å². The second kappa shape index (κ2) is 8.56. The molecule has 0 aliphatic rings. The number of carbonyl (C=O) groups is 1. The standard InChI is InChI=1S/C18H15Br2N3O4S/c1-11-4-6-12(7-5-11)28(25,26)23-22-16(24)10-27-18-15(20)9-14(19)13-3-2-8-21-17(13)18/h2-9,23H,10H2,1H3,(H,22,24). The molecule has 0 atom stereocenters. The van der Waals surface area contributed by atoms with Crippen molar-refractivity contribution in [1.29, 1.82) is 0 Å². The van der Waals surface area contributed by atoms with Crippen LogP contribution in [0, 0.1) is 6.92 Å². The van der Waals surface area contributed by atoms with Crippen LogP contribution in [0.25, 0.3) is 10.9 Å². The van der Waals surface area contributed by atoms with Gasteiger partial charge in [-0.2, -0.15) is 0 Å². The third-order valence-corrected chi connectivity index (χ3v) is 6.26. The average Bonchev–Trinajstić information content (AvgIpc) is 2.66. The van der Waals surface area contributed by atoms with E-state index in [9.17, 15) is 13.2 Å². The summed E-state index contributed by atoms with van der Waals surface area (Å²) in [4.78, 5) is 18.4. The molecule has 0 aliphatic heterocycles. The third-order valence-electron chi connectivity index (χ3n) is 3.75. The fourth-order valence-electron chi connectivity index (χ4n) is 2.36. The predicted molar refractivity (Wildman–Crippen MR) is 112 cm³/mol. The van der Waals surface area contributed by atoms with Crippen molar-refractivity contribution in [2.45, 2.75) is 11.8 Å². The molecule has 0 radical (unpaired) electrons. The summed E-state index contributed by atoms with van der Waals surface area (Å²) in [5.41, 5.74) is 3.63. The number of hydrogen-bond donors (Lipinski definition) is 2. The van der Waals surface area contributed by atoms with Crippen LogP contribution in [-0.4, -0.2) is 25.9 Å². The number of ether oxygens (including phenoxy) is 1. The van der Waals surface area contributed by atoms with Crippen molar-refractivity contribution in [2.75, 3.05) is 6.61 Å². The van der Waals surface area contributed by atoms with Gasteiger partial charge in [0.25, 0.3) is 15.9 Å². The Balaban J connectivity index is 1.67. The maximum atomic E-state index is 12.2. The number of benzene rings is 2. The predicted octanol–water partition coefficient (Wildman–Crippen LogP) is 3.46. The number of sulfonamides is 1. The molecule has 1 amide bonds. The average molecular weight is 529 g/mol. The molecule has 0 spiro atoms. The number of amides is 1. The minimum absolute atomic E-state index is 0.0465. The summed E-state index contributed by atoms with van der Waals surface area (Å²) in [6.07, 6.45) is 1.61. The molecule has 10 heteroatoms. The minimum atomic E-state index is -3.87. The van der Waals surface area contributed by atoms with E-state index in [-0.39, 0.29) is 4.90 Å². The zero-order chi connectivity index (χ0) is 20.3. The van der Waals surface area contributed by atoms with Crippen molar-refractivity contribution in [3.05, 3.63) is 63.2 Å². The Morgan fingerprint density at radius 3 is 2.57 bits per heavy atom. The number of hydrazine groups is 1. The first-order valence-corrected chi connectivity index (χ1v) is 11.1. The minimum Gasteiger partial charge on any atom is -0.480 e. The fourth-order valence-corrected chi connectivity index (χ4v) is 4.61. The Morgan fingerprint density at radius 1 is 1.14 bits per heavy atom. The van der Waals surface area contributed by atoms with Crippen LogP contribution in [0.3, 0.4) is 0 Å². The van der Waals surface area contributed by atoms with E-state index in [4.69, 9.17) is 4.74 Å². The van der Waals surface area contributed by atoms with Crippen LogP contribution >= 0.6 is 31.9 Å². The molecule has 2 N–H and O–H groups in total. The van der Waals surface area contributed by atoms with Gasteiger partial charge in [-0.05, 0) is 47.1 Å². The Kier molecular flexibility index (Phi) is 6.33. The molecule has 0 bridgehead atoms. The van der Waals surface area contributed by atoms with Crippen molar-refractivity contribution in [3.63, 3.8) is 0 Å². The second-order valence-electron chi connectivity index (χ2n) is 5.82. The zero-order valence-electron chi connectivity index (χ0n) is 14.6. The molecule has 0 saturated carbocycles. The summed E-state index contributed by atoms with van der Waals surface area (Å²) in [5, 5.41) is 0.821. The van der Waals surface area contributed by atoms with Crippen molar-refractivity contribution < 1.29 is 17.9 Å². The molecule has 7 nitrogen and oxygen atoms in total. The van der Waals surface area contributed by atoms with Crippen molar-refractivity contribution >= 4 is 58.7 Å². The monoisotopic (exact) mass is 527 g/mol. The van der Waals surface area contributed by atoms with Gasteiger partial charge in [-0.1, -0.05) is 39.7 Å². The summed E-state index contributed by atoms with van der Waals surface area (Å²) in [6.45, 7) is 1.45. The number of hydrogen-bond acceptors (Lipinski definition) is 5. The highest BCUT2D eigenvalue weighted by Gasteiger charge is 2.17. The quantitative estimate of drug-likeness (QED) is 0.477. The van der Waals surface area contributed by atoms with Gasteiger partial charge in [0, 0.05) is 16.1 Å². The van der Waals surface area contributed by atoms with Crippen molar-refractivity contribution in [1.82, 2.24) is 15.2 Å². The lowest BCUT2D eigenvalue weighted by molar-refractivity contribution is -0.123. The summed E-state index contributed by atoms with van der Waals surface area (Å²) in [7, 11) is -3.87. The summed E-state index contributed by atoms with van der Waals surface area (Å²) in [5.74, 6) is -0.273. The molecule has 0 unspecified atom stereocenters. The van der Waals surface area contributed by atoms with Gasteiger partial charge in [0.05, 0.1) is 9.37 Å². The maximum Gasteiger partial charge on any atom is 0.272 e. The van der Waals surface area contributed by atoms with Gasteiger partial charge in [-0.25, -0.2) is 8.42 Å². The van der Waals surface area contributed by atoms with Crippen LogP contribution in [0.1, 0.15) is 5.56 Å². The number of aromatic nitrogens is 1. The lowest BCUT2D eigenvalue weighted by Crippen LogP contribution is -2.43. The van der Waals surface area contributed by atoms with Gasteiger partial charge in [-0.15, -0.1) is 4.83 Å². The second-order valence-corrected chi connectivity index (χ2v) is 9.22. The van der Waals surface area contributed by atoms with Crippen molar-refractivity contribution in [2.24, 2.45) is 0 Å². The van der Waals surface area contributed by atoms with E-state index in [1.165, 1.54) is 12.1 Å². The van der Waals surface area contributed by atoms with E-state index in [0.717, 1.165) is 15.4 Å². The van der Waals surface area contributed by atoms with E-state index in [1.54, 1.807) is 30.5 Å². The SMILES string of the molecule is Cc1ccc(S(=O)(=O)NNC(=O)COc2c(Br)cc(Br)c3cccnc23)cc1.